The van der Waals surface area contributed by atoms with Crippen molar-refractivity contribution in [3.05, 3.63) is 18.5 Å². The zero-order valence-corrected chi connectivity index (χ0v) is 8.65. The van der Waals surface area contributed by atoms with Crippen LogP contribution in [0.3, 0.4) is 0 Å². The molecule has 2 aromatic heterocycles. The zero-order valence-electron chi connectivity index (χ0n) is 8.65. The molecule has 74 valence electrons. The van der Waals surface area contributed by atoms with Crippen LogP contribution in [0.15, 0.2) is 18.5 Å². The second-order valence-corrected chi connectivity index (χ2v) is 4.41. The normalized spacial score (nSPS) is 12.2. The molecule has 2 heterocycles. The Hall–Kier alpha value is -1.58. The van der Waals surface area contributed by atoms with Gasteiger partial charge in [0.15, 0.2) is 5.65 Å². The SMILES string of the molecule is CC(C)(C)n1ncc2cc(N)cnc21. The molecule has 0 spiro atoms. The van der Waals surface area contributed by atoms with Crippen molar-refractivity contribution in [2.45, 2.75) is 26.3 Å². The third-order valence-electron chi connectivity index (χ3n) is 2.06. The van der Waals surface area contributed by atoms with Gasteiger partial charge in [-0.2, -0.15) is 5.10 Å². The summed E-state index contributed by atoms with van der Waals surface area (Å²) in [4.78, 5) is 4.28. The maximum absolute atomic E-state index is 5.64. The summed E-state index contributed by atoms with van der Waals surface area (Å²) in [5.41, 5.74) is 7.15. The maximum atomic E-state index is 5.64. The van der Waals surface area contributed by atoms with Crippen molar-refractivity contribution in [1.82, 2.24) is 14.8 Å². The fourth-order valence-electron chi connectivity index (χ4n) is 1.43. The predicted octanol–water partition coefficient (Wildman–Crippen LogP) is 1.77. The number of hydrogen-bond acceptors (Lipinski definition) is 3. The third-order valence-corrected chi connectivity index (χ3v) is 2.06. The van der Waals surface area contributed by atoms with Crippen molar-refractivity contribution in [2.24, 2.45) is 0 Å². The minimum Gasteiger partial charge on any atom is -0.397 e. The van der Waals surface area contributed by atoms with Crippen LogP contribution in [0.4, 0.5) is 5.69 Å². The second kappa shape index (κ2) is 2.70. The van der Waals surface area contributed by atoms with Crippen LogP contribution in [-0.4, -0.2) is 14.8 Å². The third kappa shape index (κ3) is 1.32. The number of hydrogen-bond donors (Lipinski definition) is 1. The van der Waals surface area contributed by atoms with Crippen molar-refractivity contribution in [2.75, 3.05) is 5.73 Å². The van der Waals surface area contributed by atoms with E-state index < -0.39 is 0 Å². The summed E-state index contributed by atoms with van der Waals surface area (Å²) in [6, 6.07) is 1.89. The summed E-state index contributed by atoms with van der Waals surface area (Å²) in [7, 11) is 0. The Morgan fingerprint density at radius 3 is 2.64 bits per heavy atom. The lowest BCUT2D eigenvalue weighted by atomic mass is 10.1. The van der Waals surface area contributed by atoms with Gasteiger partial charge in [-0.05, 0) is 26.8 Å². The molecule has 14 heavy (non-hydrogen) atoms. The highest BCUT2D eigenvalue weighted by Crippen LogP contribution is 2.20. The van der Waals surface area contributed by atoms with E-state index in [0.717, 1.165) is 11.0 Å². The average molecular weight is 190 g/mol. The van der Waals surface area contributed by atoms with Crippen molar-refractivity contribution < 1.29 is 0 Å². The van der Waals surface area contributed by atoms with Crippen molar-refractivity contribution in [3.63, 3.8) is 0 Å². The molecule has 0 aliphatic heterocycles. The molecule has 0 saturated heterocycles. The molecule has 4 nitrogen and oxygen atoms in total. The molecule has 0 saturated carbocycles. The lowest BCUT2D eigenvalue weighted by Gasteiger charge is -2.19. The Kier molecular flexibility index (Phi) is 1.74. The van der Waals surface area contributed by atoms with E-state index in [1.165, 1.54) is 0 Å². The van der Waals surface area contributed by atoms with Gasteiger partial charge in [0.05, 0.1) is 23.6 Å². The van der Waals surface area contributed by atoms with Crippen LogP contribution in [0.25, 0.3) is 11.0 Å². The number of pyridine rings is 1. The van der Waals surface area contributed by atoms with Gasteiger partial charge in [0.2, 0.25) is 0 Å². The Balaban J connectivity index is 2.70. The highest BCUT2D eigenvalue weighted by molar-refractivity contribution is 5.77. The number of nitrogens with two attached hydrogens (primary N) is 1. The van der Waals surface area contributed by atoms with Crippen LogP contribution in [0.2, 0.25) is 0 Å². The Bertz CT molecular complexity index is 464. The van der Waals surface area contributed by atoms with Gasteiger partial charge in [-0.3, -0.25) is 0 Å². The van der Waals surface area contributed by atoms with Crippen molar-refractivity contribution in [1.29, 1.82) is 0 Å². The minimum atomic E-state index is -0.0507. The summed E-state index contributed by atoms with van der Waals surface area (Å²) >= 11 is 0. The second-order valence-electron chi connectivity index (χ2n) is 4.41. The van der Waals surface area contributed by atoms with E-state index in [-0.39, 0.29) is 5.54 Å². The first-order valence-corrected chi connectivity index (χ1v) is 4.58. The molecule has 0 aromatic carbocycles. The lowest BCUT2D eigenvalue weighted by molar-refractivity contribution is 0.366. The Labute approximate surface area is 82.7 Å². The number of aromatic nitrogens is 3. The molecule has 0 unspecified atom stereocenters. The van der Waals surface area contributed by atoms with E-state index >= 15 is 0 Å². The largest absolute Gasteiger partial charge is 0.397 e. The topological polar surface area (TPSA) is 56.7 Å². The molecule has 0 aliphatic rings. The molecule has 0 aliphatic carbocycles. The summed E-state index contributed by atoms with van der Waals surface area (Å²) in [5.74, 6) is 0. The fourth-order valence-corrected chi connectivity index (χ4v) is 1.43. The first kappa shape index (κ1) is 8.99. The van der Waals surface area contributed by atoms with Gasteiger partial charge in [0.1, 0.15) is 0 Å². The molecule has 2 N–H and O–H groups in total. The monoisotopic (exact) mass is 190 g/mol. The molecule has 0 amide bonds. The summed E-state index contributed by atoms with van der Waals surface area (Å²) < 4.78 is 1.90. The van der Waals surface area contributed by atoms with E-state index in [1.54, 1.807) is 12.4 Å². The Morgan fingerprint density at radius 2 is 2.00 bits per heavy atom. The van der Waals surface area contributed by atoms with E-state index in [9.17, 15) is 0 Å². The summed E-state index contributed by atoms with van der Waals surface area (Å²) in [5, 5.41) is 5.29. The number of nitrogens with zero attached hydrogens (tertiary/aromatic N) is 3. The van der Waals surface area contributed by atoms with E-state index in [4.69, 9.17) is 5.73 Å². The fraction of sp³-hybridized carbons (Fsp3) is 0.400. The Morgan fingerprint density at radius 1 is 1.29 bits per heavy atom. The smallest absolute Gasteiger partial charge is 0.158 e. The van der Waals surface area contributed by atoms with Crippen LogP contribution < -0.4 is 5.73 Å². The molecule has 0 bridgehead atoms. The zero-order chi connectivity index (χ0) is 10.3. The van der Waals surface area contributed by atoms with E-state index in [2.05, 4.69) is 30.9 Å². The van der Waals surface area contributed by atoms with Crippen LogP contribution in [0, 0.1) is 0 Å². The molecule has 0 atom stereocenters. The first-order chi connectivity index (χ1) is 6.48. The minimum absolute atomic E-state index is 0.0507. The van der Waals surface area contributed by atoms with Crippen molar-refractivity contribution in [3.8, 4) is 0 Å². The first-order valence-electron chi connectivity index (χ1n) is 4.58. The molecule has 0 fully saturated rings. The predicted molar refractivity (Wildman–Crippen MR) is 56.9 cm³/mol. The average Bonchev–Trinajstić information content (AvgIpc) is 2.45. The quantitative estimate of drug-likeness (QED) is 0.688. The highest BCUT2D eigenvalue weighted by Gasteiger charge is 2.17. The highest BCUT2D eigenvalue weighted by atomic mass is 15.3. The lowest BCUT2D eigenvalue weighted by Crippen LogP contribution is -2.23. The summed E-state index contributed by atoms with van der Waals surface area (Å²) in [6.07, 6.45) is 3.45. The van der Waals surface area contributed by atoms with E-state index in [1.807, 2.05) is 10.7 Å². The van der Waals surface area contributed by atoms with Crippen LogP contribution in [0.1, 0.15) is 20.8 Å². The number of rotatable bonds is 0. The molecule has 2 aromatic rings. The number of fused-ring (bicyclic) bond motifs is 1. The van der Waals surface area contributed by atoms with Crippen LogP contribution in [0.5, 0.6) is 0 Å². The standard InChI is InChI=1S/C10H14N4/c1-10(2,3)14-9-7(5-13-14)4-8(11)6-12-9/h4-6H,11H2,1-3H3. The molecule has 2 rings (SSSR count). The van der Waals surface area contributed by atoms with Gasteiger partial charge in [-0.15, -0.1) is 0 Å². The van der Waals surface area contributed by atoms with Crippen LogP contribution >= 0.6 is 0 Å². The number of anilines is 1. The van der Waals surface area contributed by atoms with Gasteiger partial charge in [-0.1, -0.05) is 0 Å². The van der Waals surface area contributed by atoms with Gasteiger partial charge in [-0.25, -0.2) is 9.67 Å². The molecular weight excluding hydrogens is 176 g/mol. The van der Waals surface area contributed by atoms with Gasteiger partial charge >= 0.3 is 0 Å². The summed E-state index contributed by atoms with van der Waals surface area (Å²) in [6.45, 7) is 6.28. The number of nitrogen functional groups attached to an aromatic ring is 1. The molecule has 4 heteroatoms. The molecule has 0 radical (unpaired) electrons. The molecular formula is C10H14N4. The maximum Gasteiger partial charge on any atom is 0.158 e. The van der Waals surface area contributed by atoms with Gasteiger partial charge in [0, 0.05) is 5.39 Å². The van der Waals surface area contributed by atoms with Crippen molar-refractivity contribution >= 4 is 16.7 Å². The van der Waals surface area contributed by atoms with E-state index in [0.29, 0.717) is 5.69 Å². The van der Waals surface area contributed by atoms with Crippen LogP contribution in [-0.2, 0) is 5.54 Å². The van der Waals surface area contributed by atoms with Gasteiger partial charge in [0.25, 0.3) is 0 Å². The van der Waals surface area contributed by atoms with Gasteiger partial charge < -0.3 is 5.73 Å².